The fourth-order valence-corrected chi connectivity index (χ4v) is 3.95. The second-order valence-electron chi connectivity index (χ2n) is 7.36. The molecule has 7 nitrogen and oxygen atoms in total. The zero-order chi connectivity index (χ0) is 21.7. The topological polar surface area (TPSA) is 97.1 Å². The van der Waals surface area contributed by atoms with E-state index in [0.29, 0.717) is 22.5 Å². The first kappa shape index (κ1) is 21.7. The molecule has 0 aliphatic carbocycles. The van der Waals surface area contributed by atoms with Crippen molar-refractivity contribution in [1.82, 2.24) is 21.0 Å². The molecule has 0 bridgehead atoms. The Morgan fingerprint density at radius 3 is 2.53 bits per heavy atom. The molecular weight excluding hydrogens is 400 g/mol. The summed E-state index contributed by atoms with van der Waals surface area (Å²) in [7, 11) is 0. The first-order valence-corrected chi connectivity index (χ1v) is 10.8. The van der Waals surface area contributed by atoms with Gasteiger partial charge in [0.15, 0.2) is 0 Å². The van der Waals surface area contributed by atoms with E-state index in [4.69, 9.17) is 4.52 Å². The molecule has 8 heteroatoms. The van der Waals surface area contributed by atoms with Crippen molar-refractivity contribution < 1.29 is 14.1 Å². The molecule has 2 heterocycles. The Balaban J connectivity index is 1.48. The number of aromatic nitrogens is 2. The molecule has 0 spiro atoms. The van der Waals surface area contributed by atoms with Crippen LogP contribution in [0.25, 0.3) is 11.4 Å². The number of nitrogens with one attached hydrogen (secondary N) is 2. The van der Waals surface area contributed by atoms with Gasteiger partial charge in [-0.2, -0.15) is 4.98 Å². The van der Waals surface area contributed by atoms with Gasteiger partial charge >= 0.3 is 0 Å². The fraction of sp³-hybridized carbons (Fsp3) is 0.364. The van der Waals surface area contributed by atoms with E-state index in [-0.39, 0.29) is 24.7 Å². The third-order valence-electron chi connectivity index (χ3n) is 4.75. The summed E-state index contributed by atoms with van der Waals surface area (Å²) in [5.74, 6) is 0.681. The standard InChI is InChI=1S/C22H26N4O3S/c1-5-17-14(4)12-18(30-17)22(28)25-24-19(27)10-11-20-23-21(26-29-20)16-8-6-15(7-9-16)13(2)3/h6-9,12-13H,5,10-11H2,1-4H3,(H,24,27)(H,25,28). The maximum absolute atomic E-state index is 12.2. The summed E-state index contributed by atoms with van der Waals surface area (Å²) < 4.78 is 5.24. The lowest BCUT2D eigenvalue weighted by Crippen LogP contribution is -2.41. The van der Waals surface area contributed by atoms with Crippen molar-refractivity contribution in [3.8, 4) is 11.4 Å². The summed E-state index contributed by atoms with van der Waals surface area (Å²) in [4.78, 5) is 30.3. The predicted octanol–water partition coefficient (Wildman–Crippen LogP) is 4.19. The Labute approximate surface area is 179 Å². The summed E-state index contributed by atoms with van der Waals surface area (Å²) in [5, 5.41) is 3.99. The molecule has 0 aliphatic rings. The summed E-state index contributed by atoms with van der Waals surface area (Å²) in [6.45, 7) is 8.30. The number of aryl methyl sites for hydroxylation is 3. The summed E-state index contributed by atoms with van der Waals surface area (Å²) >= 11 is 1.44. The highest BCUT2D eigenvalue weighted by atomic mass is 32.1. The number of nitrogens with zero attached hydrogens (tertiary/aromatic N) is 2. The number of carbonyl (C=O) groups is 2. The van der Waals surface area contributed by atoms with Crippen LogP contribution < -0.4 is 10.9 Å². The molecule has 2 N–H and O–H groups in total. The predicted molar refractivity (Wildman–Crippen MR) is 116 cm³/mol. The largest absolute Gasteiger partial charge is 0.339 e. The zero-order valence-electron chi connectivity index (χ0n) is 17.6. The molecule has 1 aromatic carbocycles. The first-order chi connectivity index (χ1) is 14.4. The van der Waals surface area contributed by atoms with Gasteiger partial charge in [-0.25, -0.2) is 0 Å². The van der Waals surface area contributed by atoms with Crippen molar-refractivity contribution in [1.29, 1.82) is 0 Å². The van der Waals surface area contributed by atoms with Crippen LogP contribution in [0.5, 0.6) is 0 Å². The minimum Gasteiger partial charge on any atom is -0.339 e. The molecule has 2 amide bonds. The van der Waals surface area contributed by atoms with Crippen molar-refractivity contribution in [3.05, 3.63) is 57.1 Å². The second kappa shape index (κ2) is 9.67. The number of amides is 2. The van der Waals surface area contributed by atoms with E-state index >= 15 is 0 Å². The molecule has 0 radical (unpaired) electrons. The third kappa shape index (κ3) is 5.33. The van der Waals surface area contributed by atoms with Gasteiger partial charge in [0.1, 0.15) is 0 Å². The van der Waals surface area contributed by atoms with Crippen LogP contribution in [0.1, 0.15) is 64.7 Å². The summed E-state index contributed by atoms with van der Waals surface area (Å²) in [6.07, 6.45) is 1.29. The highest BCUT2D eigenvalue weighted by molar-refractivity contribution is 7.14. The average molecular weight is 427 g/mol. The summed E-state index contributed by atoms with van der Waals surface area (Å²) in [6, 6.07) is 9.85. The zero-order valence-corrected chi connectivity index (χ0v) is 18.4. The van der Waals surface area contributed by atoms with Gasteiger partial charge in [-0.1, -0.05) is 50.2 Å². The van der Waals surface area contributed by atoms with E-state index in [1.165, 1.54) is 16.9 Å². The number of rotatable bonds is 7. The molecule has 3 aromatic rings. The van der Waals surface area contributed by atoms with Gasteiger partial charge in [0.05, 0.1) is 4.88 Å². The Bertz CT molecular complexity index is 1020. The molecule has 0 unspecified atom stereocenters. The quantitative estimate of drug-likeness (QED) is 0.552. The van der Waals surface area contributed by atoms with E-state index in [1.54, 1.807) is 0 Å². The monoisotopic (exact) mass is 426 g/mol. The van der Waals surface area contributed by atoms with E-state index in [1.807, 2.05) is 44.2 Å². The Kier molecular flexibility index (Phi) is 6.99. The minimum absolute atomic E-state index is 0.123. The van der Waals surface area contributed by atoms with Gasteiger partial charge in [0, 0.05) is 23.3 Å². The number of hydrazine groups is 1. The Morgan fingerprint density at radius 2 is 1.90 bits per heavy atom. The van der Waals surface area contributed by atoms with Crippen LogP contribution in [0.3, 0.4) is 0 Å². The molecule has 0 aliphatic heterocycles. The Hall–Kier alpha value is -3.00. The number of hydrogen-bond acceptors (Lipinski definition) is 6. The number of benzene rings is 1. The molecule has 158 valence electrons. The molecule has 0 saturated heterocycles. The fourth-order valence-electron chi connectivity index (χ4n) is 2.94. The van der Waals surface area contributed by atoms with E-state index in [0.717, 1.165) is 22.4 Å². The van der Waals surface area contributed by atoms with Crippen LogP contribution >= 0.6 is 11.3 Å². The van der Waals surface area contributed by atoms with Crippen LogP contribution in [0.2, 0.25) is 0 Å². The lowest BCUT2D eigenvalue weighted by atomic mass is 10.0. The second-order valence-corrected chi connectivity index (χ2v) is 8.50. The normalized spacial score (nSPS) is 11.0. The van der Waals surface area contributed by atoms with Gasteiger partial charge in [-0.3, -0.25) is 20.4 Å². The van der Waals surface area contributed by atoms with Crippen molar-refractivity contribution in [3.63, 3.8) is 0 Å². The van der Waals surface area contributed by atoms with Gasteiger partial charge in [-0.05, 0) is 36.5 Å². The van der Waals surface area contributed by atoms with E-state index < -0.39 is 0 Å². The molecule has 0 fully saturated rings. The average Bonchev–Trinajstić information content (AvgIpc) is 3.37. The molecule has 0 saturated carbocycles. The molecule has 0 atom stereocenters. The van der Waals surface area contributed by atoms with E-state index in [9.17, 15) is 9.59 Å². The van der Waals surface area contributed by atoms with Crippen LogP contribution in [0.15, 0.2) is 34.9 Å². The lowest BCUT2D eigenvalue weighted by Gasteiger charge is -2.05. The first-order valence-electron chi connectivity index (χ1n) is 9.98. The lowest BCUT2D eigenvalue weighted by molar-refractivity contribution is -0.121. The van der Waals surface area contributed by atoms with Gasteiger partial charge < -0.3 is 4.52 Å². The summed E-state index contributed by atoms with van der Waals surface area (Å²) in [5.41, 5.74) is 8.07. The van der Waals surface area contributed by atoms with E-state index in [2.05, 4.69) is 34.8 Å². The van der Waals surface area contributed by atoms with Gasteiger partial charge in [0.25, 0.3) is 5.91 Å². The Morgan fingerprint density at radius 1 is 1.17 bits per heavy atom. The van der Waals surface area contributed by atoms with Crippen LogP contribution in [0.4, 0.5) is 0 Å². The maximum atomic E-state index is 12.2. The van der Waals surface area contributed by atoms with Crippen molar-refractivity contribution in [2.75, 3.05) is 0 Å². The molecular formula is C22H26N4O3S. The number of carbonyl (C=O) groups excluding carboxylic acids is 2. The van der Waals surface area contributed by atoms with Crippen LogP contribution in [-0.4, -0.2) is 22.0 Å². The highest BCUT2D eigenvalue weighted by Gasteiger charge is 2.14. The molecule has 2 aromatic heterocycles. The van der Waals surface area contributed by atoms with Crippen molar-refractivity contribution in [2.24, 2.45) is 0 Å². The minimum atomic E-state index is -0.326. The third-order valence-corrected chi connectivity index (χ3v) is 6.13. The number of thiophene rings is 1. The van der Waals surface area contributed by atoms with Crippen LogP contribution in [-0.2, 0) is 17.6 Å². The maximum Gasteiger partial charge on any atom is 0.279 e. The van der Waals surface area contributed by atoms with Crippen LogP contribution in [0, 0.1) is 6.92 Å². The number of hydrogen-bond donors (Lipinski definition) is 2. The van der Waals surface area contributed by atoms with Crippen molar-refractivity contribution in [2.45, 2.75) is 52.9 Å². The SMILES string of the molecule is CCc1sc(C(=O)NNC(=O)CCc2nc(-c3ccc(C(C)C)cc3)no2)cc1C. The van der Waals surface area contributed by atoms with Gasteiger partial charge in [-0.15, -0.1) is 11.3 Å². The van der Waals surface area contributed by atoms with Gasteiger partial charge in [0.2, 0.25) is 17.6 Å². The molecule has 30 heavy (non-hydrogen) atoms. The molecule has 3 rings (SSSR count). The smallest absolute Gasteiger partial charge is 0.279 e. The highest BCUT2D eigenvalue weighted by Crippen LogP contribution is 2.22. The van der Waals surface area contributed by atoms with Crippen molar-refractivity contribution >= 4 is 23.2 Å².